The Morgan fingerprint density at radius 3 is 2.38 bits per heavy atom. The van der Waals surface area contributed by atoms with Crippen molar-refractivity contribution in [2.75, 3.05) is 49.1 Å². The smallest absolute Gasteiger partial charge is 0.227 e. The van der Waals surface area contributed by atoms with Crippen LogP contribution in [0.1, 0.15) is 38.5 Å². The van der Waals surface area contributed by atoms with E-state index < -0.39 is 0 Å². The number of nitrogens with one attached hydrogen (secondary N) is 1. The standard InChI is InChI=1S/C22H30N4O3/c27-20-5-3-13-25(20)14-4-10-23-22(29)17-15-21(28)26(16-17)19-8-6-18(7-9-19)24-11-1-2-12-24/h6-9,17H,1-5,10-16H2,(H,23,29). The van der Waals surface area contributed by atoms with E-state index in [4.69, 9.17) is 0 Å². The van der Waals surface area contributed by atoms with Crippen molar-refractivity contribution in [1.82, 2.24) is 10.2 Å². The highest BCUT2D eigenvalue weighted by Crippen LogP contribution is 2.28. The molecule has 7 nitrogen and oxygen atoms in total. The quantitative estimate of drug-likeness (QED) is 0.711. The highest BCUT2D eigenvalue weighted by molar-refractivity contribution is 6.00. The maximum atomic E-state index is 12.5. The lowest BCUT2D eigenvalue weighted by Crippen LogP contribution is -2.35. The Hall–Kier alpha value is -2.57. The normalized spacial score (nSPS) is 22.1. The first kappa shape index (κ1) is 19.7. The Morgan fingerprint density at radius 2 is 1.69 bits per heavy atom. The number of carbonyl (C=O) groups is 3. The zero-order valence-corrected chi connectivity index (χ0v) is 16.9. The second-order valence-electron chi connectivity index (χ2n) is 8.24. The van der Waals surface area contributed by atoms with Gasteiger partial charge in [0.25, 0.3) is 0 Å². The average Bonchev–Trinajstić information content (AvgIpc) is 3.47. The van der Waals surface area contributed by atoms with E-state index in [1.54, 1.807) is 4.90 Å². The molecule has 0 radical (unpaired) electrons. The van der Waals surface area contributed by atoms with Crippen molar-refractivity contribution >= 4 is 29.1 Å². The molecule has 1 aromatic carbocycles. The summed E-state index contributed by atoms with van der Waals surface area (Å²) in [6.45, 7) is 4.68. The van der Waals surface area contributed by atoms with Crippen LogP contribution >= 0.6 is 0 Å². The average molecular weight is 399 g/mol. The maximum Gasteiger partial charge on any atom is 0.227 e. The Bertz CT molecular complexity index is 758. The number of hydrogen-bond acceptors (Lipinski definition) is 4. The molecule has 3 amide bonds. The monoisotopic (exact) mass is 398 g/mol. The van der Waals surface area contributed by atoms with E-state index in [-0.39, 0.29) is 30.1 Å². The zero-order valence-electron chi connectivity index (χ0n) is 16.9. The summed E-state index contributed by atoms with van der Waals surface area (Å²) in [7, 11) is 0. The SMILES string of the molecule is O=C(NCCCN1CCCC1=O)C1CC(=O)N(c2ccc(N3CCCC3)cc2)C1. The Morgan fingerprint density at radius 1 is 0.966 bits per heavy atom. The molecule has 0 saturated carbocycles. The molecular formula is C22H30N4O3. The first-order valence-electron chi connectivity index (χ1n) is 10.8. The van der Waals surface area contributed by atoms with E-state index in [0.717, 1.165) is 38.2 Å². The van der Waals surface area contributed by atoms with Gasteiger partial charge in [-0.05, 0) is 49.9 Å². The highest BCUT2D eigenvalue weighted by atomic mass is 16.2. The zero-order chi connectivity index (χ0) is 20.2. The van der Waals surface area contributed by atoms with Gasteiger partial charge in [0.1, 0.15) is 0 Å². The van der Waals surface area contributed by atoms with E-state index >= 15 is 0 Å². The van der Waals surface area contributed by atoms with Gasteiger partial charge in [-0.2, -0.15) is 0 Å². The first-order chi connectivity index (χ1) is 14.1. The van der Waals surface area contributed by atoms with Gasteiger partial charge in [-0.15, -0.1) is 0 Å². The number of nitrogens with zero attached hydrogens (tertiary/aromatic N) is 3. The third-order valence-electron chi connectivity index (χ3n) is 6.20. The lowest BCUT2D eigenvalue weighted by atomic mass is 10.1. The minimum Gasteiger partial charge on any atom is -0.372 e. The number of benzene rings is 1. The molecule has 3 aliphatic heterocycles. The van der Waals surface area contributed by atoms with E-state index in [1.807, 2.05) is 17.0 Å². The fourth-order valence-corrected chi connectivity index (χ4v) is 4.52. The van der Waals surface area contributed by atoms with Crippen molar-refractivity contribution in [1.29, 1.82) is 0 Å². The molecule has 3 fully saturated rings. The van der Waals surface area contributed by atoms with Gasteiger partial charge < -0.3 is 20.0 Å². The predicted octanol–water partition coefficient (Wildman–Crippen LogP) is 1.77. The summed E-state index contributed by atoms with van der Waals surface area (Å²) in [6, 6.07) is 8.11. The molecule has 0 spiro atoms. The van der Waals surface area contributed by atoms with Crippen LogP contribution in [0.5, 0.6) is 0 Å². The molecule has 0 aliphatic carbocycles. The molecule has 4 rings (SSSR count). The molecule has 3 heterocycles. The van der Waals surface area contributed by atoms with E-state index in [0.29, 0.717) is 26.1 Å². The van der Waals surface area contributed by atoms with Crippen molar-refractivity contribution in [2.45, 2.75) is 38.5 Å². The van der Waals surface area contributed by atoms with Gasteiger partial charge in [0.2, 0.25) is 17.7 Å². The fourth-order valence-electron chi connectivity index (χ4n) is 4.52. The summed E-state index contributed by atoms with van der Waals surface area (Å²) in [6.07, 6.45) is 5.05. The molecule has 156 valence electrons. The number of hydrogen-bond donors (Lipinski definition) is 1. The Balaban J connectivity index is 1.25. The number of amides is 3. The van der Waals surface area contributed by atoms with Gasteiger partial charge in [0.05, 0.1) is 5.92 Å². The molecule has 29 heavy (non-hydrogen) atoms. The minimum absolute atomic E-state index is 0.00161. The second kappa shape index (κ2) is 8.84. The molecule has 0 aromatic heterocycles. The van der Waals surface area contributed by atoms with Crippen LogP contribution in [-0.4, -0.2) is 61.9 Å². The van der Waals surface area contributed by atoms with E-state index in [1.165, 1.54) is 18.5 Å². The van der Waals surface area contributed by atoms with Crippen molar-refractivity contribution in [3.8, 4) is 0 Å². The maximum absolute atomic E-state index is 12.5. The lowest BCUT2D eigenvalue weighted by Gasteiger charge is -2.21. The molecule has 1 atom stereocenters. The molecule has 1 unspecified atom stereocenters. The minimum atomic E-state index is -0.311. The molecular weight excluding hydrogens is 368 g/mol. The first-order valence-corrected chi connectivity index (χ1v) is 10.8. The second-order valence-corrected chi connectivity index (χ2v) is 8.24. The van der Waals surface area contributed by atoms with Crippen LogP contribution in [-0.2, 0) is 14.4 Å². The lowest BCUT2D eigenvalue weighted by molar-refractivity contribution is -0.127. The van der Waals surface area contributed by atoms with Crippen LogP contribution in [0.4, 0.5) is 11.4 Å². The summed E-state index contributed by atoms with van der Waals surface area (Å²) in [5.74, 6) is -0.165. The van der Waals surface area contributed by atoms with Crippen molar-refractivity contribution in [2.24, 2.45) is 5.92 Å². The van der Waals surface area contributed by atoms with Crippen molar-refractivity contribution < 1.29 is 14.4 Å². The molecule has 1 N–H and O–H groups in total. The van der Waals surface area contributed by atoms with Crippen LogP contribution in [0.15, 0.2) is 24.3 Å². The fraction of sp³-hybridized carbons (Fsp3) is 0.591. The Kier molecular flexibility index (Phi) is 6.02. The van der Waals surface area contributed by atoms with Gasteiger partial charge in [0.15, 0.2) is 0 Å². The summed E-state index contributed by atoms with van der Waals surface area (Å²) in [4.78, 5) is 42.5. The topological polar surface area (TPSA) is 73.0 Å². The van der Waals surface area contributed by atoms with Gasteiger partial charge in [0, 0.05) is 63.5 Å². The highest BCUT2D eigenvalue weighted by Gasteiger charge is 2.35. The summed E-state index contributed by atoms with van der Waals surface area (Å²) >= 11 is 0. The number of rotatable bonds is 7. The molecule has 1 aromatic rings. The number of anilines is 2. The van der Waals surface area contributed by atoms with E-state index in [2.05, 4.69) is 22.3 Å². The summed E-state index contributed by atoms with van der Waals surface area (Å²) in [5, 5.41) is 2.94. The molecule has 3 aliphatic rings. The van der Waals surface area contributed by atoms with Crippen molar-refractivity contribution in [3.05, 3.63) is 24.3 Å². The van der Waals surface area contributed by atoms with Crippen LogP contribution in [0.25, 0.3) is 0 Å². The van der Waals surface area contributed by atoms with Crippen molar-refractivity contribution in [3.63, 3.8) is 0 Å². The third kappa shape index (κ3) is 4.54. The van der Waals surface area contributed by atoms with Gasteiger partial charge in [-0.1, -0.05) is 0 Å². The van der Waals surface area contributed by atoms with E-state index in [9.17, 15) is 14.4 Å². The third-order valence-corrected chi connectivity index (χ3v) is 6.20. The summed E-state index contributed by atoms with van der Waals surface area (Å²) in [5.41, 5.74) is 2.06. The molecule has 3 saturated heterocycles. The molecule has 7 heteroatoms. The van der Waals surface area contributed by atoms with Crippen LogP contribution in [0.2, 0.25) is 0 Å². The van der Waals surface area contributed by atoms with Gasteiger partial charge in [-0.3, -0.25) is 14.4 Å². The largest absolute Gasteiger partial charge is 0.372 e. The predicted molar refractivity (Wildman–Crippen MR) is 112 cm³/mol. The summed E-state index contributed by atoms with van der Waals surface area (Å²) < 4.78 is 0. The van der Waals surface area contributed by atoms with Crippen LogP contribution in [0, 0.1) is 5.92 Å². The van der Waals surface area contributed by atoms with Crippen LogP contribution < -0.4 is 15.1 Å². The van der Waals surface area contributed by atoms with Crippen LogP contribution in [0.3, 0.4) is 0 Å². The Labute approximate surface area is 172 Å². The molecule has 0 bridgehead atoms. The van der Waals surface area contributed by atoms with Gasteiger partial charge >= 0.3 is 0 Å². The number of likely N-dealkylation sites (tertiary alicyclic amines) is 1. The van der Waals surface area contributed by atoms with Gasteiger partial charge in [-0.25, -0.2) is 0 Å². The number of carbonyl (C=O) groups excluding carboxylic acids is 3.